The number of methoxy groups -OCH3 is 1. The van der Waals surface area contributed by atoms with Gasteiger partial charge in [0.15, 0.2) is 0 Å². The van der Waals surface area contributed by atoms with E-state index in [0.717, 1.165) is 11.4 Å². The van der Waals surface area contributed by atoms with E-state index >= 15 is 0 Å². The number of anilines is 2. The van der Waals surface area contributed by atoms with Crippen molar-refractivity contribution in [3.05, 3.63) is 54.3 Å². The topological polar surface area (TPSA) is 61.9 Å². The normalized spacial score (nSPS) is 20.9. The first-order valence-corrected chi connectivity index (χ1v) is 9.80. The summed E-state index contributed by atoms with van der Waals surface area (Å²) in [5.74, 6) is -0.621. The Morgan fingerprint density at radius 3 is 2.41 bits per heavy atom. The van der Waals surface area contributed by atoms with Crippen LogP contribution in [0.15, 0.2) is 48.5 Å². The number of carbonyl (C=O) groups excluding carboxylic acids is 2. The number of piperazine rings is 1. The fraction of sp³-hybridized carbons (Fsp3) is 0.364. The Morgan fingerprint density at radius 1 is 1.00 bits per heavy atom. The van der Waals surface area contributed by atoms with Crippen molar-refractivity contribution in [2.24, 2.45) is 11.8 Å². The highest BCUT2D eigenvalue weighted by molar-refractivity contribution is 5.99. The number of amides is 2. The molecule has 29 heavy (non-hydrogen) atoms. The van der Waals surface area contributed by atoms with E-state index in [4.69, 9.17) is 4.74 Å². The summed E-state index contributed by atoms with van der Waals surface area (Å²) in [4.78, 5) is 29.2. The minimum Gasteiger partial charge on any atom is -0.495 e. The van der Waals surface area contributed by atoms with Gasteiger partial charge in [-0.05, 0) is 30.7 Å². The molecule has 6 nitrogen and oxygen atoms in total. The second-order valence-corrected chi connectivity index (χ2v) is 7.40. The number of hydrogen-bond acceptors (Lipinski definition) is 4. The minimum atomic E-state index is -0.475. The third-order valence-electron chi connectivity index (χ3n) is 5.59. The van der Waals surface area contributed by atoms with Gasteiger partial charge in [-0.2, -0.15) is 0 Å². The van der Waals surface area contributed by atoms with Gasteiger partial charge in [-0.3, -0.25) is 9.59 Å². The number of halogens is 1. The molecule has 152 valence electrons. The molecule has 0 aromatic heterocycles. The number of carbonyl (C=O) groups is 2. The summed E-state index contributed by atoms with van der Waals surface area (Å²) < 4.78 is 19.1. The Labute approximate surface area is 169 Å². The van der Waals surface area contributed by atoms with Gasteiger partial charge in [-0.1, -0.05) is 24.3 Å². The molecule has 1 N–H and O–H groups in total. The molecule has 2 unspecified atom stereocenters. The second kappa shape index (κ2) is 8.11. The molecular weight excluding hydrogens is 373 g/mol. The van der Waals surface area contributed by atoms with Crippen molar-refractivity contribution in [3.63, 3.8) is 0 Å². The molecule has 2 aromatic rings. The lowest BCUT2D eigenvalue weighted by atomic mass is 10.2. The largest absolute Gasteiger partial charge is 0.495 e. The number of para-hydroxylation sites is 3. The van der Waals surface area contributed by atoms with E-state index in [0.29, 0.717) is 32.6 Å². The molecule has 7 heteroatoms. The van der Waals surface area contributed by atoms with Crippen LogP contribution < -0.4 is 15.0 Å². The van der Waals surface area contributed by atoms with Crippen LogP contribution in [0.1, 0.15) is 6.42 Å². The smallest absolute Gasteiger partial charge is 0.228 e. The van der Waals surface area contributed by atoms with E-state index in [-0.39, 0.29) is 29.3 Å². The molecular formula is C22H24FN3O3. The van der Waals surface area contributed by atoms with E-state index in [1.165, 1.54) is 12.1 Å². The number of ether oxygens (including phenoxy) is 1. The molecule has 1 saturated carbocycles. The molecule has 1 aliphatic heterocycles. The lowest BCUT2D eigenvalue weighted by Gasteiger charge is -2.36. The number of nitrogens with zero attached hydrogens (tertiary/aromatic N) is 2. The molecule has 0 spiro atoms. The number of nitrogens with one attached hydrogen (secondary N) is 1. The zero-order chi connectivity index (χ0) is 20.4. The molecule has 4 rings (SSSR count). The monoisotopic (exact) mass is 397 g/mol. The van der Waals surface area contributed by atoms with Crippen LogP contribution in [0.5, 0.6) is 5.75 Å². The highest BCUT2D eigenvalue weighted by atomic mass is 19.1. The Balaban J connectivity index is 1.30. The third-order valence-corrected chi connectivity index (χ3v) is 5.59. The molecule has 1 saturated heterocycles. The van der Waals surface area contributed by atoms with Crippen molar-refractivity contribution in [1.29, 1.82) is 0 Å². The van der Waals surface area contributed by atoms with Crippen LogP contribution in [0.3, 0.4) is 0 Å². The first kappa shape index (κ1) is 19.2. The molecule has 2 aliphatic rings. The Hall–Kier alpha value is -3.09. The lowest BCUT2D eigenvalue weighted by Crippen LogP contribution is -2.49. The number of benzene rings is 2. The van der Waals surface area contributed by atoms with E-state index in [1.807, 2.05) is 29.2 Å². The summed E-state index contributed by atoms with van der Waals surface area (Å²) >= 11 is 0. The molecule has 2 amide bonds. The highest BCUT2D eigenvalue weighted by Crippen LogP contribution is 2.41. The van der Waals surface area contributed by atoms with Crippen molar-refractivity contribution < 1.29 is 18.7 Å². The zero-order valence-electron chi connectivity index (χ0n) is 16.3. The van der Waals surface area contributed by atoms with Gasteiger partial charge in [0.1, 0.15) is 11.6 Å². The van der Waals surface area contributed by atoms with E-state index < -0.39 is 5.82 Å². The lowest BCUT2D eigenvalue weighted by molar-refractivity contribution is -0.134. The molecule has 2 atom stereocenters. The maximum Gasteiger partial charge on any atom is 0.228 e. The Morgan fingerprint density at radius 2 is 1.69 bits per heavy atom. The second-order valence-electron chi connectivity index (χ2n) is 7.40. The average molecular weight is 397 g/mol. The van der Waals surface area contributed by atoms with Crippen LogP contribution in [0.2, 0.25) is 0 Å². The first-order valence-electron chi connectivity index (χ1n) is 9.80. The molecule has 2 fully saturated rings. The summed E-state index contributed by atoms with van der Waals surface area (Å²) in [6.07, 6.45) is 0.520. The van der Waals surface area contributed by atoms with Crippen LogP contribution in [0.4, 0.5) is 15.8 Å². The van der Waals surface area contributed by atoms with Crippen molar-refractivity contribution in [2.45, 2.75) is 6.42 Å². The molecule has 1 aliphatic carbocycles. The average Bonchev–Trinajstić information content (AvgIpc) is 3.56. The van der Waals surface area contributed by atoms with Gasteiger partial charge in [0.2, 0.25) is 11.8 Å². The first-order chi connectivity index (χ1) is 14.1. The molecule has 0 bridgehead atoms. The van der Waals surface area contributed by atoms with Crippen LogP contribution >= 0.6 is 0 Å². The predicted octanol–water partition coefficient (Wildman–Crippen LogP) is 2.76. The maximum atomic E-state index is 13.7. The molecule has 2 aromatic carbocycles. The quantitative estimate of drug-likeness (QED) is 0.843. The number of hydrogen-bond donors (Lipinski definition) is 1. The van der Waals surface area contributed by atoms with Crippen LogP contribution in [0.25, 0.3) is 0 Å². The van der Waals surface area contributed by atoms with Crippen LogP contribution in [0, 0.1) is 17.7 Å². The number of rotatable bonds is 5. The minimum absolute atomic E-state index is 0.0124. The molecule has 1 heterocycles. The third kappa shape index (κ3) is 4.04. The van der Waals surface area contributed by atoms with Gasteiger partial charge in [0, 0.05) is 26.2 Å². The Kier molecular flexibility index (Phi) is 5.38. The maximum absolute atomic E-state index is 13.7. The predicted molar refractivity (Wildman–Crippen MR) is 108 cm³/mol. The van der Waals surface area contributed by atoms with Crippen LogP contribution in [-0.2, 0) is 9.59 Å². The van der Waals surface area contributed by atoms with Crippen molar-refractivity contribution in [2.75, 3.05) is 43.5 Å². The van der Waals surface area contributed by atoms with Gasteiger partial charge in [-0.25, -0.2) is 4.39 Å². The van der Waals surface area contributed by atoms with Crippen molar-refractivity contribution in [3.8, 4) is 5.75 Å². The Bertz CT molecular complexity index is 912. The SMILES string of the molecule is COc1ccccc1N1CCN(C(=O)C2CC2C(=O)Nc2ccccc2F)CC1. The fourth-order valence-corrected chi connectivity index (χ4v) is 3.84. The summed E-state index contributed by atoms with van der Waals surface area (Å²) in [5, 5.41) is 2.59. The van der Waals surface area contributed by atoms with Gasteiger partial charge in [-0.15, -0.1) is 0 Å². The zero-order valence-corrected chi connectivity index (χ0v) is 16.3. The summed E-state index contributed by atoms with van der Waals surface area (Å²) in [7, 11) is 1.65. The van der Waals surface area contributed by atoms with Gasteiger partial charge in [0.05, 0.1) is 30.3 Å². The molecule has 0 radical (unpaired) electrons. The summed E-state index contributed by atoms with van der Waals surface area (Å²) in [5.41, 5.74) is 1.18. The van der Waals surface area contributed by atoms with Gasteiger partial charge >= 0.3 is 0 Å². The fourth-order valence-electron chi connectivity index (χ4n) is 3.84. The standard InChI is InChI=1S/C22H24FN3O3/c1-29-20-9-5-4-8-19(20)25-10-12-26(13-11-25)22(28)16-14-15(16)21(27)24-18-7-3-2-6-17(18)23/h2-9,15-16H,10-14H2,1H3,(H,24,27). The van der Waals surface area contributed by atoms with Crippen molar-refractivity contribution in [1.82, 2.24) is 4.90 Å². The van der Waals surface area contributed by atoms with E-state index in [2.05, 4.69) is 10.2 Å². The summed E-state index contributed by atoms with van der Waals surface area (Å²) in [6, 6.07) is 13.9. The van der Waals surface area contributed by atoms with E-state index in [9.17, 15) is 14.0 Å². The van der Waals surface area contributed by atoms with Gasteiger partial charge in [0.25, 0.3) is 0 Å². The highest BCUT2D eigenvalue weighted by Gasteiger charge is 2.49. The van der Waals surface area contributed by atoms with E-state index in [1.54, 1.807) is 19.2 Å². The van der Waals surface area contributed by atoms with Crippen molar-refractivity contribution >= 4 is 23.2 Å². The van der Waals surface area contributed by atoms with Crippen LogP contribution in [-0.4, -0.2) is 50.0 Å². The summed E-state index contributed by atoms with van der Waals surface area (Å²) in [6.45, 7) is 2.64. The van der Waals surface area contributed by atoms with Gasteiger partial charge < -0.3 is 19.9 Å².